The van der Waals surface area contributed by atoms with Crippen LogP contribution in [0.25, 0.3) is 0 Å². The molecule has 1 fully saturated rings. The number of benzene rings is 1. The van der Waals surface area contributed by atoms with Crippen LogP contribution in [0.15, 0.2) is 18.2 Å². The molecule has 0 saturated carbocycles. The van der Waals surface area contributed by atoms with E-state index in [-0.39, 0.29) is 16.0 Å². The van der Waals surface area contributed by atoms with Gasteiger partial charge in [-0.2, -0.15) is 24.9 Å². The number of aliphatic carboxylic acids is 1. The van der Waals surface area contributed by atoms with E-state index in [9.17, 15) is 23.1 Å². The van der Waals surface area contributed by atoms with Gasteiger partial charge in [0, 0.05) is 29.8 Å². The lowest BCUT2D eigenvalue weighted by Crippen LogP contribution is -2.26. The third kappa shape index (κ3) is 4.20. The maximum atomic E-state index is 12.8. The van der Waals surface area contributed by atoms with E-state index in [0.717, 1.165) is 12.5 Å². The molecule has 1 saturated heterocycles. The first kappa shape index (κ1) is 16.3. The number of thioether (sulfide) groups is 1. The summed E-state index contributed by atoms with van der Waals surface area (Å²) < 4.78 is 38.5. The first-order valence-electron chi connectivity index (χ1n) is 6.20. The molecule has 1 aliphatic heterocycles. The van der Waals surface area contributed by atoms with Crippen molar-refractivity contribution < 1.29 is 23.1 Å². The van der Waals surface area contributed by atoms with Gasteiger partial charge in [0.2, 0.25) is 0 Å². The van der Waals surface area contributed by atoms with Crippen molar-refractivity contribution >= 4 is 35.0 Å². The van der Waals surface area contributed by atoms with E-state index < -0.39 is 17.7 Å². The van der Waals surface area contributed by atoms with E-state index in [0.29, 0.717) is 18.8 Å². The van der Waals surface area contributed by atoms with Crippen LogP contribution in [0.4, 0.5) is 18.9 Å². The third-order valence-corrected chi connectivity index (χ3v) is 4.79. The zero-order chi connectivity index (χ0) is 15.6. The minimum absolute atomic E-state index is 0.0768. The van der Waals surface area contributed by atoms with Crippen LogP contribution in [0.1, 0.15) is 12.0 Å². The van der Waals surface area contributed by atoms with Crippen LogP contribution < -0.4 is 10.0 Å². The molecule has 0 aliphatic carbocycles. The summed E-state index contributed by atoms with van der Waals surface area (Å²) in [6.07, 6.45) is -3.77. The Balaban J connectivity index is 2.08. The predicted molar refractivity (Wildman–Crippen MR) is 74.5 cm³/mol. The maximum Gasteiger partial charge on any atom is 0.417 e. The van der Waals surface area contributed by atoms with E-state index in [1.807, 2.05) is 0 Å². The first-order chi connectivity index (χ1) is 9.77. The Bertz CT molecular complexity index is 539. The maximum absolute atomic E-state index is 12.8. The van der Waals surface area contributed by atoms with Gasteiger partial charge in [-0.25, -0.2) is 0 Å². The van der Waals surface area contributed by atoms with Crippen molar-refractivity contribution in [2.45, 2.75) is 17.8 Å². The standard InChI is InChI=1S/C13H13ClF3NO2S/c14-11-2-1-8(5-10(11)13(15,16)17)18-4-3-9(6-18)21-7-12(19)20/h1-2,5,9H,3-4,6-7H2,(H,19,20)/p-1. The molecule has 2 rings (SSSR count). The molecule has 0 spiro atoms. The van der Waals surface area contributed by atoms with Crippen molar-refractivity contribution in [3.05, 3.63) is 28.8 Å². The number of rotatable bonds is 4. The third-order valence-electron chi connectivity index (χ3n) is 3.20. The number of carboxylic acid groups (broad SMARTS) is 1. The molecule has 0 amide bonds. The van der Waals surface area contributed by atoms with Crippen LogP contribution in [0.3, 0.4) is 0 Å². The summed E-state index contributed by atoms with van der Waals surface area (Å²) in [5.41, 5.74) is -0.407. The highest BCUT2D eigenvalue weighted by Crippen LogP contribution is 2.38. The summed E-state index contributed by atoms with van der Waals surface area (Å²) in [7, 11) is 0. The van der Waals surface area contributed by atoms with Gasteiger partial charge in [-0.3, -0.25) is 0 Å². The van der Waals surface area contributed by atoms with Gasteiger partial charge < -0.3 is 14.8 Å². The lowest BCUT2D eigenvalue weighted by Gasteiger charge is -2.20. The van der Waals surface area contributed by atoms with Crippen molar-refractivity contribution in [1.29, 1.82) is 0 Å². The Morgan fingerprint density at radius 1 is 1.48 bits per heavy atom. The summed E-state index contributed by atoms with van der Waals surface area (Å²) in [6.45, 7) is 1.10. The van der Waals surface area contributed by atoms with Crippen molar-refractivity contribution in [2.24, 2.45) is 0 Å². The van der Waals surface area contributed by atoms with Crippen LogP contribution in [0.5, 0.6) is 0 Å². The molecule has 1 aromatic carbocycles. The van der Waals surface area contributed by atoms with Crippen LogP contribution in [-0.2, 0) is 11.0 Å². The van der Waals surface area contributed by atoms with Crippen molar-refractivity contribution in [3.63, 3.8) is 0 Å². The smallest absolute Gasteiger partial charge is 0.417 e. The number of nitrogens with zero attached hydrogens (tertiary/aromatic N) is 1. The van der Waals surface area contributed by atoms with E-state index >= 15 is 0 Å². The van der Waals surface area contributed by atoms with Gasteiger partial charge in [0.1, 0.15) is 0 Å². The van der Waals surface area contributed by atoms with Crippen LogP contribution in [0.2, 0.25) is 5.02 Å². The van der Waals surface area contributed by atoms with E-state index in [2.05, 4.69) is 0 Å². The van der Waals surface area contributed by atoms with Gasteiger partial charge in [-0.05, 0) is 24.6 Å². The Hall–Kier alpha value is -1.08. The molecule has 1 aliphatic rings. The van der Waals surface area contributed by atoms with Crippen LogP contribution in [0, 0.1) is 0 Å². The van der Waals surface area contributed by atoms with E-state index in [1.54, 1.807) is 11.0 Å². The fourth-order valence-corrected chi connectivity index (χ4v) is 3.37. The number of hydrogen-bond acceptors (Lipinski definition) is 4. The quantitative estimate of drug-likeness (QED) is 0.845. The van der Waals surface area contributed by atoms with Crippen molar-refractivity contribution in [1.82, 2.24) is 0 Å². The first-order valence-corrected chi connectivity index (χ1v) is 7.63. The molecule has 21 heavy (non-hydrogen) atoms. The molecule has 0 radical (unpaired) electrons. The number of halogens is 4. The molecule has 0 bridgehead atoms. The number of carboxylic acids is 1. The normalized spacial score (nSPS) is 19.0. The molecule has 116 valence electrons. The summed E-state index contributed by atoms with van der Waals surface area (Å²) in [6, 6.07) is 3.82. The Kier molecular flexibility index (Phi) is 4.93. The highest BCUT2D eigenvalue weighted by molar-refractivity contribution is 8.00. The number of carbonyl (C=O) groups excluding carboxylic acids is 1. The summed E-state index contributed by atoms with van der Waals surface area (Å²) in [5.74, 6) is -1.24. The summed E-state index contributed by atoms with van der Waals surface area (Å²) in [4.78, 5) is 12.2. The van der Waals surface area contributed by atoms with Crippen molar-refractivity contribution in [2.75, 3.05) is 23.7 Å². The number of anilines is 1. The molecular weight excluding hydrogens is 327 g/mol. The van der Waals surface area contributed by atoms with Crippen LogP contribution >= 0.6 is 23.4 Å². The molecule has 1 atom stereocenters. The number of carbonyl (C=O) groups is 1. The van der Waals surface area contributed by atoms with Gasteiger partial charge >= 0.3 is 6.18 Å². The molecule has 0 N–H and O–H groups in total. The lowest BCUT2D eigenvalue weighted by molar-refractivity contribution is -0.301. The Morgan fingerprint density at radius 2 is 2.19 bits per heavy atom. The second-order valence-electron chi connectivity index (χ2n) is 4.70. The second-order valence-corrected chi connectivity index (χ2v) is 6.40. The number of alkyl halides is 3. The minimum atomic E-state index is -4.49. The minimum Gasteiger partial charge on any atom is -0.549 e. The molecule has 3 nitrogen and oxygen atoms in total. The number of hydrogen-bond donors (Lipinski definition) is 0. The Morgan fingerprint density at radius 3 is 2.81 bits per heavy atom. The Labute approximate surface area is 129 Å². The van der Waals surface area contributed by atoms with E-state index in [4.69, 9.17) is 11.6 Å². The molecule has 1 heterocycles. The second kappa shape index (κ2) is 6.36. The summed E-state index contributed by atoms with van der Waals surface area (Å²) >= 11 is 6.84. The zero-order valence-corrected chi connectivity index (χ0v) is 12.4. The van der Waals surface area contributed by atoms with Gasteiger partial charge in [-0.1, -0.05) is 11.6 Å². The predicted octanol–water partition coefficient (Wildman–Crippen LogP) is 2.42. The average molecular weight is 339 g/mol. The van der Waals surface area contributed by atoms with Gasteiger partial charge in [0.05, 0.1) is 16.6 Å². The van der Waals surface area contributed by atoms with Gasteiger partial charge in [0.25, 0.3) is 0 Å². The monoisotopic (exact) mass is 338 g/mol. The molecular formula is C13H12ClF3NO2S-. The van der Waals surface area contributed by atoms with E-state index in [1.165, 1.54) is 17.8 Å². The summed E-state index contributed by atoms with van der Waals surface area (Å²) in [5, 5.41) is 10.2. The van der Waals surface area contributed by atoms with Crippen LogP contribution in [-0.4, -0.2) is 30.1 Å². The SMILES string of the molecule is O=C([O-])CSC1CCN(c2ccc(Cl)c(C(F)(F)F)c2)C1. The highest BCUT2D eigenvalue weighted by atomic mass is 35.5. The molecule has 1 aromatic rings. The van der Waals surface area contributed by atoms with Crippen molar-refractivity contribution in [3.8, 4) is 0 Å². The molecule has 0 aromatic heterocycles. The topological polar surface area (TPSA) is 43.4 Å². The van der Waals surface area contributed by atoms with Gasteiger partial charge in [-0.15, -0.1) is 0 Å². The molecule has 1 unspecified atom stereocenters. The van der Waals surface area contributed by atoms with Gasteiger partial charge in [0.15, 0.2) is 0 Å². The molecule has 8 heteroatoms. The highest BCUT2D eigenvalue weighted by Gasteiger charge is 2.34. The fraction of sp³-hybridized carbons (Fsp3) is 0.462. The average Bonchev–Trinajstić information content (AvgIpc) is 2.84. The largest absolute Gasteiger partial charge is 0.549 e. The fourth-order valence-electron chi connectivity index (χ4n) is 2.21. The zero-order valence-electron chi connectivity index (χ0n) is 10.8. The lowest BCUT2D eigenvalue weighted by atomic mass is 10.2.